The van der Waals surface area contributed by atoms with Gasteiger partial charge in [0, 0.05) is 28.4 Å². The van der Waals surface area contributed by atoms with Crippen LogP contribution in [-0.4, -0.2) is 11.9 Å². The van der Waals surface area contributed by atoms with Gasteiger partial charge in [-0.2, -0.15) is 0 Å². The van der Waals surface area contributed by atoms with Crippen LogP contribution >= 0.6 is 23.5 Å². The largest absolute Gasteiger partial charge is 0.425 e. The quantitative estimate of drug-likeness (QED) is 0.0879. The first-order valence-electron chi connectivity index (χ1n) is 20.7. The van der Waals surface area contributed by atoms with Crippen LogP contribution in [0.15, 0.2) is 68.3 Å². The summed E-state index contributed by atoms with van der Waals surface area (Å²) >= 11 is 2.64. The topological polar surface area (TPSA) is 80.8 Å². The minimum atomic E-state index is -0.343. The molecule has 9 rings (SSSR count). The molecule has 3 aromatic rings. The molecule has 3 aromatic carbocycles. The molecule has 1 aliphatic heterocycles. The van der Waals surface area contributed by atoms with Crippen LogP contribution in [0.4, 0.5) is 0 Å². The molecule has 6 aliphatic rings. The summed E-state index contributed by atoms with van der Waals surface area (Å²) < 4.78 is 14.1. The molecular weight excluding hydrogens is 721 g/mol. The predicted molar refractivity (Wildman–Crippen MR) is 216 cm³/mol. The van der Waals surface area contributed by atoms with Crippen molar-refractivity contribution in [1.82, 2.24) is 0 Å². The number of esters is 2. The molecule has 1 heterocycles. The van der Waals surface area contributed by atoms with E-state index in [1.54, 1.807) is 0 Å². The van der Waals surface area contributed by atoms with E-state index in [0.717, 1.165) is 62.5 Å². The first kappa shape index (κ1) is 36.6. The Bertz CT molecular complexity index is 2030. The Hall–Kier alpha value is -3.98. The number of unbranched alkanes of at least 4 members (excludes halogenated alkanes) is 2. The van der Waals surface area contributed by atoms with Crippen molar-refractivity contribution in [3.63, 3.8) is 0 Å². The number of nitriles is 1. The van der Waals surface area contributed by atoms with E-state index in [-0.39, 0.29) is 46.7 Å². The van der Waals surface area contributed by atoms with Gasteiger partial charge in [-0.05, 0) is 85.5 Å². The number of carbonyl (C=O) groups is 2. The molecule has 8 heteroatoms. The fourth-order valence-corrected chi connectivity index (χ4v) is 13.6. The number of fused-ring (bicyclic) bond motifs is 8. The van der Waals surface area contributed by atoms with Gasteiger partial charge in [-0.15, -0.1) is 0 Å². The lowest BCUT2D eigenvalue weighted by Crippen LogP contribution is -2.52. The molecule has 0 saturated heterocycles. The molecular formula is C47H48N2O4S2. The van der Waals surface area contributed by atoms with Crippen LogP contribution in [0.5, 0.6) is 11.5 Å². The van der Waals surface area contributed by atoms with Gasteiger partial charge in [-0.25, -0.2) is 10.1 Å². The molecule has 0 radical (unpaired) electrons. The Morgan fingerprint density at radius 3 is 1.58 bits per heavy atom. The van der Waals surface area contributed by atoms with Gasteiger partial charge in [0.2, 0.25) is 0 Å². The van der Waals surface area contributed by atoms with Crippen LogP contribution < -0.4 is 9.47 Å². The summed E-state index contributed by atoms with van der Waals surface area (Å²) in [6.45, 7) is 12.3. The number of hydrogen-bond donors (Lipinski definition) is 0. The second kappa shape index (κ2) is 14.8. The molecule has 2 saturated carbocycles. The highest BCUT2D eigenvalue weighted by Crippen LogP contribution is 2.81. The van der Waals surface area contributed by atoms with E-state index in [1.165, 1.54) is 84.3 Å². The van der Waals surface area contributed by atoms with Crippen LogP contribution in [0, 0.1) is 41.6 Å². The summed E-state index contributed by atoms with van der Waals surface area (Å²) in [5, 5.41) is 10.0. The minimum Gasteiger partial charge on any atom is -0.425 e. The fourth-order valence-electron chi connectivity index (χ4n) is 11.1. The van der Waals surface area contributed by atoms with E-state index < -0.39 is 0 Å². The maximum Gasteiger partial charge on any atom is 0.314 e. The summed E-state index contributed by atoms with van der Waals surface area (Å²) in [7, 11) is 0. The molecule has 0 amide bonds. The van der Waals surface area contributed by atoms with Gasteiger partial charge in [0.1, 0.15) is 11.5 Å². The summed E-state index contributed by atoms with van der Waals surface area (Å²) in [4.78, 5) is 33.7. The summed E-state index contributed by atoms with van der Waals surface area (Å²) in [6.07, 6.45) is 14.7. The normalized spacial score (nSPS) is 28.7. The second-order valence-electron chi connectivity index (χ2n) is 16.7. The van der Waals surface area contributed by atoms with Crippen molar-refractivity contribution in [3.8, 4) is 17.6 Å². The van der Waals surface area contributed by atoms with Gasteiger partial charge < -0.3 is 9.47 Å². The predicted octanol–water partition coefficient (Wildman–Crippen LogP) is 12.2. The third-order valence-corrected chi connectivity index (χ3v) is 16.4. The average molecular weight is 769 g/mol. The smallest absolute Gasteiger partial charge is 0.314 e. The molecule has 5 aliphatic carbocycles. The lowest BCUT2D eigenvalue weighted by molar-refractivity contribution is -0.141. The number of hydrogen-bond acceptors (Lipinski definition) is 7. The zero-order valence-corrected chi connectivity index (χ0v) is 33.5. The van der Waals surface area contributed by atoms with E-state index in [0.29, 0.717) is 37.4 Å². The number of allylic oxidation sites excluding steroid dienone is 1. The highest BCUT2D eigenvalue weighted by Gasteiger charge is 2.71. The Kier molecular flexibility index (Phi) is 9.88. The van der Waals surface area contributed by atoms with Crippen molar-refractivity contribution in [2.24, 2.45) is 23.7 Å². The van der Waals surface area contributed by atoms with Crippen LogP contribution in [0.25, 0.3) is 4.85 Å². The van der Waals surface area contributed by atoms with Crippen molar-refractivity contribution in [3.05, 3.63) is 103 Å². The number of nitrogens with zero attached hydrogens (tertiary/aromatic N) is 2. The first-order chi connectivity index (χ1) is 26.9. The van der Waals surface area contributed by atoms with Crippen molar-refractivity contribution in [2.45, 2.75) is 131 Å². The van der Waals surface area contributed by atoms with Gasteiger partial charge >= 0.3 is 11.9 Å². The Labute approximate surface area is 333 Å². The molecule has 6 nitrogen and oxygen atoms in total. The number of rotatable bonds is 10. The van der Waals surface area contributed by atoms with Gasteiger partial charge in [0.05, 0.1) is 38.5 Å². The molecule has 3 atom stereocenters. The monoisotopic (exact) mass is 768 g/mol. The Balaban J connectivity index is 1.17. The Morgan fingerprint density at radius 2 is 1.18 bits per heavy atom. The van der Waals surface area contributed by atoms with Crippen LogP contribution in [0.2, 0.25) is 0 Å². The number of thioether (sulfide) groups is 2. The van der Waals surface area contributed by atoms with Crippen molar-refractivity contribution < 1.29 is 19.1 Å². The molecule has 55 heavy (non-hydrogen) atoms. The zero-order chi connectivity index (χ0) is 37.8. The molecule has 2 unspecified atom stereocenters. The van der Waals surface area contributed by atoms with Crippen molar-refractivity contribution >= 4 is 35.5 Å². The van der Waals surface area contributed by atoms with Gasteiger partial charge in [-0.3, -0.25) is 9.59 Å². The summed E-state index contributed by atoms with van der Waals surface area (Å²) in [5.41, 5.74) is 6.51. The van der Waals surface area contributed by atoms with Crippen LogP contribution in [0.1, 0.15) is 149 Å². The number of ether oxygens (including phenoxy) is 2. The van der Waals surface area contributed by atoms with Gasteiger partial charge in [0.25, 0.3) is 5.70 Å². The molecule has 282 valence electrons. The van der Waals surface area contributed by atoms with Crippen LogP contribution in [0.3, 0.4) is 0 Å². The molecule has 1 spiro atoms. The standard InChI is InChI=1S/C47H48N2O4S2/c1-4-6-12-27-18-22-29(23-19-27)44(50)52-40-36-37(39-32-15-9-11-17-34(32)47(39)33-16-10-8-14-31(33)38(36)47)41(43-42(40)54-46(55-43)35(26-48)49-3)53-45(51)30-24-20-28(21-25-30)13-7-5-2/h8-11,14-17,27-30,38-39H,4-7,12-13,18-25H2,1-2H3/t27?,28?,29?,30?,38-,39?,47?/m0/s1. The van der Waals surface area contributed by atoms with E-state index in [4.69, 9.17) is 16.0 Å². The molecule has 0 bridgehead atoms. The molecule has 0 aromatic heterocycles. The lowest BCUT2D eigenvalue weighted by atomic mass is 9.43. The van der Waals surface area contributed by atoms with E-state index >= 15 is 0 Å². The maximum atomic E-state index is 14.4. The second-order valence-corrected chi connectivity index (χ2v) is 19.0. The third kappa shape index (κ3) is 5.72. The highest BCUT2D eigenvalue weighted by molar-refractivity contribution is 8.24. The van der Waals surface area contributed by atoms with Crippen molar-refractivity contribution in [1.29, 1.82) is 5.26 Å². The van der Waals surface area contributed by atoms with E-state index in [9.17, 15) is 14.9 Å². The summed E-state index contributed by atoms with van der Waals surface area (Å²) in [5.74, 6) is 1.47. The molecule has 2 fully saturated rings. The SMILES string of the molecule is [C-]#[N+]C(C#N)=C1Sc2c(OC(=O)C3CCC(CCCC)CC3)c3c(c(OC(=O)C4CCC(CCCC)CC4)c2S1)[C@@H]1c2ccccc2C12c1ccccc1C32. The van der Waals surface area contributed by atoms with Gasteiger partial charge in [0.15, 0.2) is 0 Å². The van der Waals surface area contributed by atoms with Gasteiger partial charge in [-0.1, -0.05) is 124 Å². The Morgan fingerprint density at radius 1 is 0.745 bits per heavy atom. The van der Waals surface area contributed by atoms with Crippen molar-refractivity contribution in [2.75, 3.05) is 0 Å². The fraction of sp³-hybridized carbons (Fsp3) is 0.489. The van der Waals surface area contributed by atoms with E-state index in [2.05, 4.69) is 73.3 Å². The van der Waals surface area contributed by atoms with E-state index in [1.807, 2.05) is 0 Å². The summed E-state index contributed by atoms with van der Waals surface area (Å²) in [6, 6.07) is 19.3. The number of carbonyl (C=O) groups excluding carboxylic acids is 2. The molecule has 0 N–H and O–H groups in total. The third-order valence-electron chi connectivity index (χ3n) is 13.8. The number of benzene rings is 3. The lowest BCUT2D eigenvalue weighted by Gasteiger charge is -2.58. The minimum absolute atomic E-state index is 0.00552. The highest BCUT2D eigenvalue weighted by atomic mass is 32.2. The zero-order valence-electron chi connectivity index (χ0n) is 31.8. The van der Waals surface area contributed by atoms with Crippen LogP contribution in [-0.2, 0) is 15.0 Å². The average Bonchev–Trinajstić information content (AvgIpc) is 3.74. The first-order valence-corrected chi connectivity index (χ1v) is 22.3. The maximum absolute atomic E-state index is 14.4.